The lowest BCUT2D eigenvalue weighted by molar-refractivity contribution is 0.0795. The Bertz CT molecular complexity index is 1190. The molecular weight excluding hydrogens is 406 g/mol. The van der Waals surface area contributed by atoms with Gasteiger partial charge in [0, 0.05) is 26.1 Å². The molecule has 7 heteroatoms. The summed E-state index contributed by atoms with van der Waals surface area (Å²) in [6.45, 7) is 7.79. The van der Waals surface area contributed by atoms with Crippen LogP contribution in [0.5, 0.6) is 0 Å². The second kappa shape index (κ2) is 8.94. The molecule has 0 aliphatic rings. The Hall–Kier alpha value is -2.48. The van der Waals surface area contributed by atoms with Crippen molar-refractivity contribution in [1.82, 2.24) is 19.9 Å². The third kappa shape index (κ3) is 4.74. The minimum Gasteiger partial charge on any atom is -0.389 e. The van der Waals surface area contributed by atoms with Crippen LogP contribution in [0.2, 0.25) is 0 Å². The van der Waals surface area contributed by atoms with Gasteiger partial charge in [-0.1, -0.05) is 37.6 Å². The molecule has 0 amide bonds. The maximum absolute atomic E-state index is 10.0. The first-order chi connectivity index (χ1) is 14.9. The highest BCUT2D eigenvalue weighted by atomic mass is 32.1. The van der Waals surface area contributed by atoms with Crippen LogP contribution in [0.1, 0.15) is 50.6 Å². The Morgan fingerprint density at radius 1 is 1.16 bits per heavy atom. The zero-order valence-electron chi connectivity index (χ0n) is 18.5. The maximum atomic E-state index is 10.0. The number of nitrogens with two attached hydrogens (primary N) is 1. The second-order valence-corrected chi connectivity index (χ2v) is 9.65. The summed E-state index contributed by atoms with van der Waals surface area (Å²) in [4.78, 5) is 9.50. The number of thiophene rings is 1. The lowest BCUT2D eigenvalue weighted by atomic mass is 10.1. The Balaban J connectivity index is 1.76. The minimum absolute atomic E-state index is 0.498. The molecule has 0 fully saturated rings. The first kappa shape index (κ1) is 21.7. The summed E-state index contributed by atoms with van der Waals surface area (Å²) in [6, 6.07) is 10.5. The van der Waals surface area contributed by atoms with Crippen LogP contribution in [0.25, 0.3) is 21.3 Å². The molecule has 0 atom stereocenters. The summed E-state index contributed by atoms with van der Waals surface area (Å²) in [5.74, 6) is 1.56. The number of anilines is 1. The van der Waals surface area contributed by atoms with E-state index in [4.69, 9.17) is 10.7 Å². The number of hydrogen-bond acceptors (Lipinski definition) is 6. The number of hydrogen-bond donors (Lipinski definition) is 3. The number of aryl methyl sites for hydroxylation is 1. The van der Waals surface area contributed by atoms with Gasteiger partial charge in [0.2, 0.25) is 0 Å². The third-order valence-corrected chi connectivity index (χ3v) is 6.37. The molecule has 3 heterocycles. The van der Waals surface area contributed by atoms with Crippen LogP contribution in [0.3, 0.4) is 0 Å². The van der Waals surface area contributed by atoms with E-state index in [2.05, 4.69) is 51.4 Å². The number of nitrogens with one attached hydrogen (secondary N) is 1. The average Bonchev–Trinajstić information content (AvgIpc) is 3.31. The zero-order chi connectivity index (χ0) is 22.0. The molecule has 4 rings (SSSR count). The quantitative estimate of drug-likeness (QED) is 0.359. The van der Waals surface area contributed by atoms with Crippen LogP contribution in [-0.4, -0.2) is 31.8 Å². The van der Waals surface area contributed by atoms with Crippen LogP contribution >= 0.6 is 11.3 Å². The highest BCUT2D eigenvalue weighted by Gasteiger charge is 2.19. The number of fused-ring (bicyclic) bond motifs is 3. The Morgan fingerprint density at radius 3 is 2.68 bits per heavy atom. The van der Waals surface area contributed by atoms with Gasteiger partial charge < -0.3 is 20.7 Å². The number of rotatable bonds is 9. The van der Waals surface area contributed by atoms with E-state index in [1.807, 2.05) is 19.9 Å². The lowest BCUT2D eigenvalue weighted by Crippen LogP contribution is -2.34. The molecule has 0 aliphatic carbocycles. The summed E-state index contributed by atoms with van der Waals surface area (Å²) in [6.07, 6.45) is 3.11. The lowest BCUT2D eigenvalue weighted by Gasteiger charge is -2.19. The summed E-state index contributed by atoms with van der Waals surface area (Å²) in [5, 5.41) is 15.5. The molecule has 31 heavy (non-hydrogen) atoms. The highest BCUT2D eigenvalue weighted by molar-refractivity contribution is 7.18. The molecule has 0 bridgehead atoms. The van der Waals surface area contributed by atoms with Gasteiger partial charge in [-0.05, 0) is 42.8 Å². The van der Waals surface area contributed by atoms with Gasteiger partial charge in [0.15, 0.2) is 5.82 Å². The average molecular weight is 438 g/mol. The van der Waals surface area contributed by atoms with Crippen LogP contribution in [-0.2, 0) is 19.5 Å². The van der Waals surface area contributed by atoms with E-state index in [0.717, 1.165) is 52.9 Å². The molecule has 0 saturated carbocycles. The van der Waals surface area contributed by atoms with Crippen molar-refractivity contribution >= 4 is 38.4 Å². The van der Waals surface area contributed by atoms with Crippen molar-refractivity contribution in [3.8, 4) is 0 Å². The molecule has 0 saturated heterocycles. The van der Waals surface area contributed by atoms with Gasteiger partial charge in [-0.2, -0.15) is 0 Å². The largest absolute Gasteiger partial charge is 0.389 e. The van der Waals surface area contributed by atoms with Crippen LogP contribution < -0.4 is 11.1 Å². The fourth-order valence-corrected chi connectivity index (χ4v) is 4.80. The molecule has 0 spiro atoms. The van der Waals surface area contributed by atoms with Gasteiger partial charge in [0.1, 0.15) is 11.3 Å². The summed E-state index contributed by atoms with van der Waals surface area (Å²) in [7, 11) is 0. The van der Waals surface area contributed by atoms with Crippen molar-refractivity contribution in [2.24, 2.45) is 0 Å². The Morgan fingerprint density at radius 2 is 1.94 bits per heavy atom. The van der Waals surface area contributed by atoms with Gasteiger partial charge in [0.25, 0.3) is 0 Å². The van der Waals surface area contributed by atoms with E-state index in [0.29, 0.717) is 18.9 Å². The molecule has 4 aromatic rings. The number of aromatic nitrogens is 3. The molecule has 3 aromatic heterocycles. The predicted molar refractivity (Wildman–Crippen MR) is 129 cm³/mol. The molecule has 6 nitrogen and oxygen atoms in total. The molecule has 0 radical (unpaired) electrons. The topological polar surface area (TPSA) is 89.0 Å². The van der Waals surface area contributed by atoms with Crippen molar-refractivity contribution in [3.05, 3.63) is 52.7 Å². The third-order valence-electron chi connectivity index (χ3n) is 5.46. The standard InChI is InChI=1S/C24H31N5OS/c1-4-5-10-19-28-20-21(22-18(11-12-31-22)27-23(20)25)29(19)14-17-9-7-6-8-16(17)13-26-15-24(2,3)30/h6-9,11-12,26,30H,4-5,10,13-15H2,1-3H3,(H2,25,27). The molecule has 164 valence electrons. The SMILES string of the molecule is CCCCc1nc2c(N)nc3ccsc3c2n1Cc1ccccc1CNCC(C)(C)O. The number of pyridine rings is 1. The number of unbranched alkanes of at least 4 members (excludes halogenated alkanes) is 1. The van der Waals surface area contributed by atoms with Gasteiger partial charge in [-0.15, -0.1) is 11.3 Å². The molecule has 4 N–H and O–H groups in total. The van der Waals surface area contributed by atoms with Gasteiger partial charge in [0.05, 0.1) is 21.3 Å². The minimum atomic E-state index is -0.738. The first-order valence-electron chi connectivity index (χ1n) is 10.9. The predicted octanol–water partition coefficient (Wildman–Crippen LogP) is 4.48. The summed E-state index contributed by atoms with van der Waals surface area (Å²) >= 11 is 1.69. The normalized spacial score (nSPS) is 12.3. The molecular formula is C24H31N5OS. The van der Waals surface area contributed by atoms with Gasteiger partial charge >= 0.3 is 0 Å². The number of aliphatic hydroxyl groups is 1. The van der Waals surface area contributed by atoms with Crippen LogP contribution in [0.4, 0.5) is 5.82 Å². The summed E-state index contributed by atoms with van der Waals surface area (Å²) < 4.78 is 3.47. The van der Waals surface area contributed by atoms with Gasteiger partial charge in [-0.3, -0.25) is 0 Å². The van der Waals surface area contributed by atoms with E-state index >= 15 is 0 Å². The van der Waals surface area contributed by atoms with Crippen molar-refractivity contribution in [2.75, 3.05) is 12.3 Å². The fraction of sp³-hybridized carbons (Fsp3) is 0.417. The second-order valence-electron chi connectivity index (χ2n) is 8.73. The zero-order valence-corrected chi connectivity index (χ0v) is 19.3. The number of nitrogens with zero attached hydrogens (tertiary/aromatic N) is 3. The van der Waals surface area contributed by atoms with E-state index in [9.17, 15) is 5.11 Å². The maximum Gasteiger partial charge on any atom is 0.152 e. The number of nitrogen functional groups attached to an aromatic ring is 1. The van der Waals surface area contributed by atoms with Crippen molar-refractivity contribution in [3.63, 3.8) is 0 Å². The monoisotopic (exact) mass is 437 g/mol. The van der Waals surface area contributed by atoms with Crippen molar-refractivity contribution in [2.45, 2.75) is 58.7 Å². The number of imidazole rings is 1. The number of benzene rings is 1. The van der Waals surface area contributed by atoms with Crippen LogP contribution in [0.15, 0.2) is 35.7 Å². The molecule has 1 aromatic carbocycles. The smallest absolute Gasteiger partial charge is 0.152 e. The summed E-state index contributed by atoms with van der Waals surface area (Å²) in [5.41, 5.74) is 10.8. The van der Waals surface area contributed by atoms with Gasteiger partial charge in [-0.25, -0.2) is 9.97 Å². The Labute approximate surface area is 187 Å². The Kier molecular flexibility index (Phi) is 6.27. The fourth-order valence-electron chi connectivity index (χ4n) is 3.91. The van der Waals surface area contributed by atoms with Crippen molar-refractivity contribution < 1.29 is 5.11 Å². The molecule has 0 aliphatic heterocycles. The molecule has 0 unspecified atom stereocenters. The first-order valence-corrected chi connectivity index (χ1v) is 11.8. The van der Waals surface area contributed by atoms with E-state index < -0.39 is 5.60 Å². The van der Waals surface area contributed by atoms with E-state index in [1.54, 1.807) is 11.3 Å². The van der Waals surface area contributed by atoms with E-state index in [1.165, 1.54) is 11.1 Å². The van der Waals surface area contributed by atoms with Crippen LogP contribution in [0, 0.1) is 0 Å². The highest BCUT2D eigenvalue weighted by Crippen LogP contribution is 2.33. The van der Waals surface area contributed by atoms with E-state index in [-0.39, 0.29) is 0 Å². The van der Waals surface area contributed by atoms with Crippen molar-refractivity contribution in [1.29, 1.82) is 0 Å².